The monoisotopic (exact) mass is 294 g/mol. The minimum absolute atomic E-state index is 0.416. The number of hydrogen-bond acceptors (Lipinski definition) is 3. The Morgan fingerprint density at radius 2 is 1.85 bits per heavy atom. The van der Waals surface area contributed by atoms with Crippen LogP contribution in [0.3, 0.4) is 0 Å². The zero-order chi connectivity index (χ0) is 13.5. The van der Waals surface area contributed by atoms with Crippen molar-refractivity contribution in [1.29, 1.82) is 0 Å². The third-order valence-corrected chi connectivity index (χ3v) is 6.98. The van der Waals surface area contributed by atoms with Crippen molar-refractivity contribution in [3.8, 4) is 0 Å². The van der Waals surface area contributed by atoms with Crippen molar-refractivity contribution in [2.45, 2.75) is 50.6 Å². The first-order valence-corrected chi connectivity index (χ1v) is 9.54. The standard InChI is InChI=1S/C16H26N2OS/c19-16(8-14-10-20-2-1-17-14)18-9-13-4-11-3-12(5-13)7-15(18)6-11/h11-15,17H,1-10H2. The first-order valence-electron chi connectivity index (χ1n) is 8.38. The number of carbonyl (C=O) groups is 1. The third-order valence-electron chi connectivity index (χ3n) is 5.85. The number of rotatable bonds is 2. The molecule has 5 aliphatic rings. The molecule has 0 spiro atoms. The van der Waals surface area contributed by atoms with Crippen LogP contribution >= 0.6 is 11.8 Å². The molecule has 3 atom stereocenters. The Morgan fingerprint density at radius 1 is 1.10 bits per heavy atom. The Balaban J connectivity index is 1.43. The smallest absolute Gasteiger partial charge is 0.224 e. The molecule has 0 aromatic heterocycles. The van der Waals surface area contributed by atoms with Gasteiger partial charge in [-0.3, -0.25) is 4.79 Å². The van der Waals surface area contributed by atoms with Crippen LogP contribution in [0.25, 0.3) is 0 Å². The highest BCUT2D eigenvalue weighted by atomic mass is 32.2. The molecule has 1 amide bonds. The SMILES string of the molecule is O=C(CC1CSCCN1)N1CC2CC3CC(C2)CC1C3. The zero-order valence-corrected chi connectivity index (χ0v) is 13.0. The minimum atomic E-state index is 0.416. The predicted molar refractivity (Wildman–Crippen MR) is 82.8 cm³/mol. The largest absolute Gasteiger partial charge is 0.339 e. The number of amides is 1. The Kier molecular flexibility index (Phi) is 3.71. The summed E-state index contributed by atoms with van der Waals surface area (Å²) in [5, 5.41) is 3.51. The third kappa shape index (κ3) is 2.61. The molecule has 0 aromatic rings. The summed E-state index contributed by atoms with van der Waals surface area (Å²) < 4.78 is 0. The highest BCUT2D eigenvalue weighted by molar-refractivity contribution is 7.99. The van der Waals surface area contributed by atoms with Gasteiger partial charge in [0.25, 0.3) is 0 Å². The molecule has 2 aliphatic carbocycles. The van der Waals surface area contributed by atoms with E-state index in [0.717, 1.165) is 43.0 Å². The molecular formula is C16H26N2OS. The van der Waals surface area contributed by atoms with Crippen LogP contribution in [0.1, 0.15) is 38.5 Å². The van der Waals surface area contributed by atoms with Gasteiger partial charge in [0.15, 0.2) is 0 Å². The van der Waals surface area contributed by atoms with E-state index in [9.17, 15) is 4.79 Å². The molecule has 4 heteroatoms. The Bertz CT molecular complexity index is 369. The topological polar surface area (TPSA) is 32.3 Å². The number of nitrogens with zero attached hydrogens (tertiary/aromatic N) is 1. The Labute approximate surface area is 126 Å². The van der Waals surface area contributed by atoms with Crippen molar-refractivity contribution in [1.82, 2.24) is 10.2 Å². The summed E-state index contributed by atoms with van der Waals surface area (Å²) in [6, 6.07) is 0.994. The maximum absolute atomic E-state index is 12.8. The lowest BCUT2D eigenvalue weighted by molar-refractivity contribution is -0.134. The van der Waals surface area contributed by atoms with Crippen LogP contribution in [0, 0.1) is 17.8 Å². The summed E-state index contributed by atoms with van der Waals surface area (Å²) in [5.74, 6) is 5.41. The lowest BCUT2D eigenvalue weighted by Crippen LogP contribution is -2.46. The van der Waals surface area contributed by atoms with Crippen LogP contribution < -0.4 is 5.32 Å². The number of nitrogens with one attached hydrogen (secondary N) is 1. The summed E-state index contributed by atoms with van der Waals surface area (Å²) in [7, 11) is 0. The molecule has 4 bridgehead atoms. The second-order valence-corrected chi connectivity index (χ2v) is 8.56. The zero-order valence-electron chi connectivity index (χ0n) is 12.2. The summed E-state index contributed by atoms with van der Waals surface area (Å²) in [6.07, 6.45) is 7.57. The van der Waals surface area contributed by atoms with E-state index in [-0.39, 0.29) is 0 Å². The Morgan fingerprint density at radius 3 is 2.55 bits per heavy atom. The van der Waals surface area contributed by atoms with Crippen molar-refractivity contribution in [3.63, 3.8) is 0 Å². The summed E-state index contributed by atoms with van der Waals surface area (Å²) in [4.78, 5) is 15.1. The molecule has 3 unspecified atom stereocenters. The van der Waals surface area contributed by atoms with E-state index in [1.165, 1.54) is 37.9 Å². The number of fused-ring (bicyclic) bond motifs is 1. The van der Waals surface area contributed by atoms with Crippen LogP contribution in [-0.4, -0.2) is 47.5 Å². The molecule has 1 N–H and O–H groups in total. The van der Waals surface area contributed by atoms with Crippen molar-refractivity contribution in [3.05, 3.63) is 0 Å². The fourth-order valence-corrected chi connectivity index (χ4v) is 6.12. The molecule has 3 nitrogen and oxygen atoms in total. The average Bonchev–Trinajstić information content (AvgIpc) is 2.64. The molecule has 0 aromatic carbocycles. The molecular weight excluding hydrogens is 268 g/mol. The van der Waals surface area contributed by atoms with Gasteiger partial charge in [-0.25, -0.2) is 0 Å². The molecule has 3 saturated heterocycles. The minimum Gasteiger partial charge on any atom is -0.339 e. The number of thioether (sulfide) groups is 1. The maximum Gasteiger partial charge on any atom is 0.224 e. The second kappa shape index (κ2) is 5.53. The van der Waals surface area contributed by atoms with Crippen LogP contribution in [0.2, 0.25) is 0 Å². The van der Waals surface area contributed by atoms with E-state index in [4.69, 9.17) is 0 Å². The van der Waals surface area contributed by atoms with Crippen molar-refractivity contribution >= 4 is 17.7 Å². The maximum atomic E-state index is 12.8. The molecule has 5 rings (SSSR count). The van der Waals surface area contributed by atoms with Gasteiger partial charge in [0.05, 0.1) is 0 Å². The van der Waals surface area contributed by atoms with Crippen LogP contribution in [0.5, 0.6) is 0 Å². The van der Waals surface area contributed by atoms with Gasteiger partial charge in [-0.2, -0.15) is 11.8 Å². The van der Waals surface area contributed by atoms with E-state index in [1.54, 1.807) is 0 Å². The van der Waals surface area contributed by atoms with Gasteiger partial charge in [0.2, 0.25) is 5.91 Å². The van der Waals surface area contributed by atoms with E-state index in [0.29, 0.717) is 18.0 Å². The lowest BCUT2D eigenvalue weighted by atomic mass is 9.68. The van der Waals surface area contributed by atoms with E-state index in [2.05, 4.69) is 10.2 Å². The van der Waals surface area contributed by atoms with E-state index >= 15 is 0 Å². The number of hydrogen-bond donors (Lipinski definition) is 1. The van der Waals surface area contributed by atoms with Gasteiger partial charge in [-0.1, -0.05) is 0 Å². The fourth-order valence-electron chi connectivity index (χ4n) is 5.17. The molecule has 3 heterocycles. The summed E-state index contributed by atoms with van der Waals surface area (Å²) in [5.41, 5.74) is 0. The van der Waals surface area contributed by atoms with Crippen LogP contribution in [0.4, 0.5) is 0 Å². The van der Waals surface area contributed by atoms with Crippen molar-refractivity contribution in [2.75, 3.05) is 24.6 Å². The van der Waals surface area contributed by atoms with Gasteiger partial charge in [0, 0.05) is 43.1 Å². The van der Waals surface area contributed by atoms with Gasteiger partial charge >= 0.3 is 0 Å². The normalized spacial score (nSPS) is 43.6. The second-order valence-electron chi connectivity index (χ2n) is 7.41. The summed E-state index contributed by atoms with van der Waals surface area (Å²) >= 11 is 1.99. The van der Waals surface area contributed by atoms with Crippen molar-refractivity contribution < 1.29 is 4.79 Å². The molecule has 5 fully saturated rings. The van der Waals surface area contributed by atoms with Crippen LogP contribution in [-0.2, 0) is 4.79 Å². The van der Waals surface area contributed by atoms with E-state index in [1.807, 2.05) is 11.8 Å². The predicted octanol–water partition coefficient (Wildman–Crippen LogP) is 2.12. The lowest BCUT2D eigenvalue weighted by Gasteiger charge is -2.39. The quantitative estimate of drug-likeness (QED) is 0.847. The first kappa shape index (κ1) is 13.4. The van der Waals surface area contributed by atoms with Gasteiger partial charge < -0.3 is 10.2 Å². The van der Waals surface area contributed by atoms with Gasteiger partial charge in [-0.05, 0) is 49.9 Å². The molecule has 20 heavy (non-hydrogen) atoms. The number of carbonyl (C=O) groups excluding carboxylic acids is 1. The van der Waals surface area contributed by atoms with Crippen LogP contribution in [0.15, 0.2) is 0 Å². The molecule has 0 radical (unpaired) electrons. The highest BCUT2D eigenvalue weighted by Gasteiger charge is 2.44. The molecule has 112 valence electrons. The average molecular weight is 294 g/mol. The summed E-state index contributed by atoms with van der Waals surface area (Å²) in [6.45, 7) is 2.13. The van der Waals surface area contributed by atoms with Crippen molar-refractivity contribution in [2.24, 2.45) is 17.8 Å². The van der Waals surface area contributed by atoms with Gasteiger partial charge in [-0.15, -0.1) is 0 Å². The van der Waals surface area contributed by atoms with Gasteiger partial charge in [0.1, 0.15) is 0 Å². The first-order chi connectivity index (χ1) is 9.78. The fraction of sp³-hybridized carbons (Fsp3) is 0.938. The Hall–Kier alpha value is -0.220. The van der Waals surface area contributed by atoms with E-state index < -0.39 is 0 Å². The molecule has 3 aliphatic heterocycles. The highest BCUT2D eigenvalue weighted by Crippen LogP contribution is 2.47. The molecule has 2 saturated carbocycles.